The molecule has 0 aliphatic carbocycles. The van der Waals surface area contributed by atoms with Gasteiger partial charge in [0.25, 0.3) is 0 Å². The highest BCUT2D eigenvalue weighted by atomic mass is 15.1. The fraction of sp³-hybridized carbons (Fsp3) is 0.800. The standard InChI is InChI=1S/C15H30N4/c1-6-13(7-2)15(18(4)5)11-16-9-14-10-17-12-19(14)8-3/h10,12-13,15-16H,6-9,11H2,1-5H3. The summed E-state index contributed by atoms with van der Waals surface area (Å²) in [5, 5.41) is 3.59. The van der Waals surface area contributed by atoms with Gasteiger partial charge in [-0.3, -0.25) is 0 Å². The van der Waals surface area contributed by atoms with Crippen LogP contribution in [0.5, 0.6) is 0 Å². The molecule has 0 amide bonds. The lowest BCUT2D eigenvalue weighted by Gasteiger charge is -2.31. The van der Waals surface area contributed by atoms with E-state index in [4.69, 9.17) is 0 Å². The Morgan fingerprint density at radius 1 is 1.26 bits per heavy atom. The number of nitrogens with one attached hydrogen (secondary N) is 1. The zero-order valence-electron chi connectivity index (χ0n) is 13.2. The maximum Gasteiger partial charge on any atom is 0.0948 e. The van der Waals surface area contributed by atoms with Crippen LogP contribution < -0.4 is 5.32 Å². The number of hydrogen-bond acceptors (Lipinski definition) is 3. The van der Waals surface area contributed by atoms with Crippen molar-refractivity contribution in [3.63, 3.8) is 0 Å². The summed E-state index contributed by atoms with van der Waals surface area (Å²) in [4.78, 5) is 6.55. The van der Waals surface area contributed by atoms with Crippen LogP contribution in [0.25, 0.3) is 0 Å². The number of hydrogen-bond donors (Lipinski definition) is 1. The van der Waals surface area contributed by atoms with Crippen LogP contribution in [-0.4, -0.2) is 41.1 Å². The van der Waals surface area contributed by atoms with Gasteiger partial charge in [-0.2, -0.15) is 0 Å². The molecule has 4 heteroatoms. The molecule has 19 heavy (non-hydrogen) atoms. The SMILES string of the molecule is CCC(CC)C(CNCc1cncn1CC)N(C)C. The highest BCUT2D eigenvalue weighted by Crippen LogP contribution is 2.16. The average molecular weight is 266 g/mol. The molecule has 0 radical (unpaired) electrons. The molecule has 0 spiro atoms. The van der Waals surface area contributed by atoms with Gasteiger partial charge >= 0.3 is 0 Å². The number of nitrogens with zero attached hydrogens (tertiary/aromatic N) is 3. The molecule has 0 bridgehead atoms. The number of likely N-dealkylation sites (N-methyl/N-ethyl adjacent to an activating group) is 1. The molecule has 1 aromatic rings. The molecule has 0 aromatic carbocycles. The number of aromatic nitrogens is 2. The quantitative estimate of drug-likeness (QED) is 0.745. The topological polar surface area (TPSA) is 33.1 Å². The second kappa shape index (κ2) is 8.33. The molecule has 0 saturated carbocycles. The van der Waals surface area contributed by atoms with Crippen LogP contribution in [0.15, 0.2) is 12.5 Å². The predicted octanol–water partition coefficient (Wildman–Crippen LogP) is 2.36. The van der Waals surface area contributed by atoms with Gasteiger partial charge in [-0.15, -0.1) is 0 Å². The van der Waals surface area contributed by atoms with Crippen LogP contribution in [0.3, 0.4) is 0 Å². The minimum absolute atomic E-state index is 0.605. The maximum absolute atomic E-state index is 4.21. The third-order valence-corrected chi connectivity index (χ3v) is 4.06. The fourth-order valence-corrected chi connectivity index (χ4v) is 2.73. The Balaban J connectivity index is 2.48. The van der Waals surface area contributed by atoms with Gasteiger partial charge in [-0.25, -0.2) is 4.98 Å². The van der Waals surface area contributed by atoms with Crippen molar-refractivity contribution >= 4 is 0 Å². The minimum atomic E-state index is 0.605. The zero-order chi connectivity index (χ0) is 14.3. The van der Waals surface area contributed by atoms with Crippen molar-refractivity contribution in [1.82, 2.24) is 19.8 Å². The lowest BCUT2D eigenvalue weighted by atomic mass is 9.93. The molecular formula is C15H30N4. The third-order valence-electron chi connectivity index (χ3n) is 4.06. The molecule has 0 aliphatic rings. The largest absolute Gasteiger partial charge is 0.334 e. The summed E-state index contributed by atoms with van der Waals surface area (Å²) >= 11 is 0. The average Bonchev–Trinajstić information content (AvgIpc) is 2.85. The summed E-state index contributed by atoms with van der Waals surface area (Å²) in [6.07, 6.45) is 6.35. The summed E-state index contributed by atoms with van der Waals surface area (Å²) in [6.45, 7) is 9.65. The van der Waals surface area contributed by atoms with E-state index >= 15 is 0 Å². The molecule has 1 N–H and O–H groups in total. The van der Waals surface area contributed by atoms with Crippen molar-refractivity contribution < 1.29 is 0 Å². The first-order chi connectivity index (χ1) is 9.13. The predicted molar refractivity (Wildman–Crippen MR) is 81.2 cm³/mol. The first kappa shape index (κ1) is 16.2. The molecule has 0 fully saturated rings. The van der Waals surface area contributed by atoms with Crippen molar-refractivity contribution in [2.24, 2.45) is 5.92 Å². The Bertz CT molecular complexity index is 342. The Kier molecular flexibility index (Phi) is 7.10. The van der Waals surface area contributed by atoms with Crippen molar-refractivity contribution in [2.45, 2.75) is 52.7 Å². The van der Waals surface area contributed by atoms with Gasteiger partial charge in [-0.1, -0.05) is 26.7 Å². The molecule has 0 saturated heterocycles. The van der Waals surface area contributed by atoms with Crippen LogP contribution in [-0.2, 0) is 13.1 Å². The Labute approximate surface area is 118 Å². The summed E-state index contributed by atoms with van der Waals surface area (Å²) in [5.41, 5.74) is 1.27. The molecule has 1 rings (SSSR count). The maximum atomic E-state index is 4.21. The van der Waals surface area contributed by atoms with E-state index in [1.54, 1.807) is 0 Å². The molecule has 4 nitrogen and oxygen atoms in total. The van der Waals surface area contributed by atoms with E-state index in [9.17, 15) is 0 Å². The van der Waals surface area contributed by atoms with E-state index in [1.807, 2.05) is 12.5 Å². The lowest BCUT2D eigenvalue weighted by molar-refractivity contribution is 0.193. The van der Waals surface area contributed by atoms with Gasteiger partial charge in [0.1, 0.15) is 0 Å². The van der Waals surface area contributed by atoms with Gasteiger partial charge in [0.15, 0.2) is 0 Å². The van der Waals surface area contributed by atoms with E-state index in [0.717, 1.165) is 25.6 Å². The highest BCUT2D eigenvalue weighted by Gasteiger charge is 2.20. The number of imidazole rings is 1. The van der Waals surface area contributed by atoms with Gasteiger partial charge in [-0.05, 0) is 26.9 Å². The zero-order valence-corrected chi connectivity index (χ0v) is 13.2. The second-order valence-electron chi connectivity index (χ2n) is 5.41. The van der Waals surface area contributed by atoms with E-state index in [-0.39, 0.29) is 0 Å². The molecule has 1 atom stereocenters. The molecule has 110 valence electrons. The van der Waals surface area contributed by atoms with E-state index < -0.39 is 0 Å². The monoisotopic (exact) mass is 266 g/mol. The van der Waals surface area contributed by atoms with Crippen molar-refractivity contribution in [3.05, 3.63) is 18.2 Å². The number of rotatable bonds is 9. The van der Waals surface area contributed by atoms with Crippen molar-refractivity contribution in [1.29, 1.82) is 0 Å². The Hall–Kier alpha value is -0.870. The van der Waals surface area contributed by atoms with Gasteiger partial charge < -0.3 is 14.8 Å². The van der Waals surface area contributed by atoms with Crippen LogP contribution >= 0.6 is 0 Å². The molecule has 0 aliphatic heterocycles. The highest BCUT2D eigenvalue weighted by molar-refractivity contribution is 4.97. The second-order valence-corrected chi connectivity index (χ2v) is 5.41. The summed E-state index contributed by atoms with van der Waals surface area (Å²) < 4.78 is 2.19. The third kappa shape index (κ3) is 4.62. The Morgan fingerprint density at radius 3 is 2.47 bits per heavy atom. The first-order valence-corrected chi connectivity index (χ1v) is 7.50. The van der Waals surface area contributed by atoms with E-state index in [0.29, 0.717) is 6.04 Å². The van der Waals surface area contributed by atoms with Crippen LogP contribution in [0.1, 0.15) is 39.3 Å². The fourth-order valence-electron chi connectivity index (χ4n) is 2.73. The summed E-state index contributed by atoms with van der Waals surface area (Å²) in [5.74, 6) is 0.763. The van der Waals surface area contributed by atoms with Gasteiger partial charge in [0, 0.05) is 31.9 Å². The normalized spacial score (nSPS) is 13.4. The van der Waals surface area contributed by atoms with Crippen molar-refractivity contribution in [3.8, 4) is 0 Å². The Morgan fingerprint density at radius 2 is 1.95 bits per heavy atom. The summed E-state index contributed by atoms with van der Waals surface area (Å²) in [7, 11) is 4.36. The van der Waals surface area contributed by atoms with Crippen LogP contribution in [0.4, 0.5) is 0 Å². The first-order valence-electron chi connectivity index (χ1n) is 7.50. The smallest absolute Gasteiger partial charge is 0.0948 e. The van der Waals surface area contributed by atoms with Gasteiger partial charge in [0.05, 0.1) is 12.0 Å². The molecule has 1 aromatic heterocycles. The van der Waals surface area contributed by atoms with Crippen LogP contribution in [0, 0.1) is 5.92 Å². The lowest BCUT2D eigenvalue weighted by Crippen LogP contribution is -2.43. The van der Waals surface area contributed by atoms with Gasteiger partial charge in [0.2, 0.25) is 0 Å². The van der Waals surface area contributed by atoms with Crippen LogP contribution in [0.2, 0.25) is 0 Å². The summed E-state index contributed by atoms with van der Waals surface area (Å²) in [6, 6.07) is 0.605. The molecule has 1 unspecified atom stereocenters. The van der Waals surface area contributed by atoms with Crippen molar-refractivity contribution in [2.75, 3.05) is 20.6 Å². The molecule has 1 heterocycles. The molecular weight excluding hydrogens is 236 g/mol. The van der Waals surface area contributed by atoms with E-state index in [1.165, 1.54) is 18.5 Å². The van der Waals surface area contributed by atoms with E-state index in [2.05, 4.69) is 54.6 Å². The number of aryl methyl sites for hydroxylation is 1. The minimum Gasteiger partial charge on any atom is -0.334 e.